The first-order chi connectivity index (χ1) is 24.5. The number of nitrogens with one attached hydrogen (secondary N) is 3. The van der Waals surface area contributed by atoms with E-state index in [9.17, 15) is 14.6 Å². The number of imidazole rings is 2. The van der Waals surface area contributed by atoms with Gasteiger partial charge in [-0.1, -0.05) is 19.2 Å². The van der Waals surface area contributed by atoms with E-state index in [0.29, 0.717) is 35.8 Å². The molecule has 19 nitrogen and oxygen atoms in total. The highest BCUT2D eigenvalue weighted by atomic mass is 32.7. The molecule has 51 heavy (non-hydrogen) atoms. The summed E-state index contributed by atoms with van der Waals surface area (Å²) in [5, 5.41) is 20.0. The molecule has 8 rings (SSSR count). The molecule has 0 amide bonds. The van der Waals surface area contributed by atoms with Crippen molar-refractivity contribution < 1.29 is 46.4 Å². The van der Waals surface area contributed by atoms with Gasteiger partial charge in [0, 0.05) is 31.3 Å². The number of thiol groups is 1. The van der Waals surface area contributed by atoms with E-state index in [-0.39, 0.29) is 29.5 Å². The summed E-state index contributed by atoms with van der Waals surface area (Å²) < 4.78 is 77.3. The molecule has 0 saturated carbocycles. The Kier molecular flexibility index (Phi) is 9.54. The minimum Gasteiger partial charge on any atom is -0.394 e. The quantitative estimate of drug-likeness (QED) is 0.0975. The Morgan fingerprint density at radius 1 is 1.00 bits per heavy atom. The fourth-order valence-corrected chi connectivity index (χ4v) is 8.92. The number of hydrogen-bond donors (Lipinski definition) is 6. The number of anilines is 2. The Hall–Kier alpha value is -2.53. The molecule has 3 fully saturated rings. The molecule has 8 heterocycles. The number of fused-ring (bicyclic) bond motifs is 7. The molecule has 0 spiro atoms. The van der Waals surface area contributed by atoms with Gasteiger partial charge >= 0.3 is 6.80 Å². The number of nitrogens with zero attached hydrogens (tertiary/aromatic N) is 8. The molecule has 5 N–H and O–H groups in total. The van der Waals surface area contributed by atoms with Crippen LogP contribution >= 0.6 is 25.5 Å². The van der Waals surface area contributed by atoms with Crippen LogP contribution in [0.15, 0.2) is 25.3 Å². The van der Waals surface area contributed by atoms with Gasteiger partial charge in [-0.2, -0.15) is 0 Å². The van der Waals surface area contributed by atoms with Crippen LogP contribution in [0.2, 0.25) is 0 Å². The van der Waals surface area contributed by atoms with Crippen LogP contribution in [0.5, 0.6) is 0 Å². The highest BCUT2D eigenvalue weighted by Gasteiger charge is 2.52. The summed E-state index contributed by atoms with van der Waals surface area (Å²) in [4.78, 5) is 36.7. The Bertz CT molecular complexity index is 2040. The molecule has 276 valence electrons. The van der Waals surface area contributed by atoms with Gasteiger partial charge < -0.3 is 39.9 Å². The van der Waals surface area contributed by atoms with Gasteiger partial charge in [0.1, 0.15) is 37.1 Å². The summed E-state index contributed by atoms with van der Waals surface area (Å²) in [6, 6.07) is 0.0910. The molecule has 0 aliphatic carbocycles. The minimum atomic E-state index is -4.47. The maximum atomic E-state index is 16.3. The van der Waals surface area contributed by atoms with E-state index in [0.717, 1.165) is 0 Å². The molecule has 0 radical (unpaired) electrons. The minimum absolute atomic E-state index is 0.0316. The summed E-state index contributed by atoms with van der Waals surface area (Å²) >= 11 is 9.25. The van der Waals surface area contributed by atoms with E-state index in [1.165, 1.54) is 34.4 Å². The number of aromatic nitrogens is 8. The monoisotopic (exact) mass is 791 g/mol. The topological polar surface area (TPSA) is 237 Å². The maximum absolute atomic E-state index is 16.3. The van der Waals surface area contributed by atoms with Crippen molar-refractivity contribution in [1.82, 2.24) is 44.4 Å². The second-order valence-corrected chi connectivity index (χ2v) is 19.0. The predicted molar refractivity (Wildman–Crippen MR) is 182 cm³/mol. The van der Waals surface area contributed by atoms with E-state index in [1.54, 1.807) is 6.92 Å². The second-order valence-electron chi connectivity index (χ2n) is 12.3. The number of halogens is 2. The van der Waals surface area contributed by atoms with Gasteiger partial charge in [0.15, 0.2) is 65.3 Å². The third-order valence-electron chi connectivity index (χ3n) is 9.11. The molecule has 4 aliphatic rings. The normalized spacial score (nSPS) is 36.7. The van der Waals surface area contributed by atoms with Crippen LogP contribution in [0.1, 0.15) is 19.4 Å². The molecule has 0 aromatic carbocycles. The van der Waals surface area contributed by atoms with Crippen LogP contribution < -0.4 is 16.0 Å². The number of aliphatic hydroxyl groups excluding tert-OH is 1. The predicted octanol–water partition coefficient (Wildman–Crippen LogP) is 1.45. The largest absolute Gasteiger partial charge is 0.394 e. The molecule has 12 atom stereocenters. The molecular weight excluding hydrogens is 758 g/mol. The zero-order chi connectivity index (χ0) is 35.7. The van der Waals surface area contributed by atoms with E-state index in [1.807, 2.05) is 0 Å². The van der Waals surface area contributed by atoms with Gasteiger partial charge in [-0.25, -0.2) is 43.2 Å². The molecule has 12 bridgehead atoms. The summed E-state index contributed by atoms with van der Waals surface area (Å²) in [5.41, 5.74) is 1.17. The zero-order valence-electron chi connectivity index (χ0n) is 26.5. The number of rotatable bonds is 4. The SMILES string of the molecule is CCP(O)(=S)O[C@@H]1[C@H]2COP(=O)(S)O[C@@H]3C(CO)O[C@H]([C@@H]3F)n3cnc4c(ncnc43)NCC3NC3CNc3ncnc4c3ncn4C(O2)[C@@H]1F. The van der Waals surface area contributed by atoms with Gasteiger partial charge in [-0.05, 0) is 11.8 Å². The number of aliphatic hydroxyl groups is 1. The summed E-state index contributed by atoms with van der Waals surface area (Å²) in [6.07, 6.45) is -7.15. The molecule has 4 aliphatic heterocycles. The van der Waals surface area contributed by atoms with E-state index in [4.69, 9.17) is 34.9 Å². The third-order valence-corrected chi connectivity index (χ3v) is 13.1. The van der Waals surface area contributed by atoms with Crippen LogP contribution in [0.25, 0.3) is 22.3 Å². The average Bonchev–Trinajstić information content (AvgIpc) is 3.38. The highest BCUT2D eigenvalue weighted by Crippen LogP contribution is 2.57. The molecule has 4 aromatic rings. The van der Waals surface area contributed by atoms with Crippen molar-refractivity contribution >= 4 is 71.3 Å². The van der Waals surface area contributed by atoms with Gasteiger partial charge in [-0.3, -0.25) is 18.2 Å². The van der Waals surface area contributed by atoms with Gasteiger partial charge in [0.2, 0.25) is 0 Å². The Balaban J connectivity index is 1.13. The lowest BCUT2D eigenvalue weighted by molar-refractivity contribution is -0.0490. The van der Waals surface area contributed by atoms with Crippen LogP contribution in [-0.2, 0) is 39.4 Å². The van der Waals surface area contributed by atoms with Crippen LogP contribution in [0.3, 0.4) is 0 Å². The maximum Gasteiger partial charge on any atom is 0.386 e. The lowest BCUT2D eigenvalue weighted by Crippen LogP contribution is -2.35. The van der Waals surface area contributed by atoms with E-state index in [2.05, 4.69) is 58.1 Å². The first-order valence-electron chi connectivity index (χ1n) is 15.9. The standard InChI is InChI=1S/C26H33F2N11O8P2S2/c1-2-48(41,50)46-20-14-6-43-49(42,51)47-19-13(5-40)44-25(15(19)27)38-9-35-17-21(31-7-33-23(17)38)29-3-11-12(37-11)4-30-22-18-24(34-8-32-22)39(10-36-18)26(45-14)16(20)28/h7-16,19-20,25-26,37,40H,2-6H2,1H3,(H,41,50)(H,42,51)(H,29,31,33)(H,30,32,34)/t11?,12?,13?,14-,15-,16-,19-,20-,25-,26?,48?,49?/m1/s1. The molecule has 4 aromatic heterocycles. The van der Waals surface area contributed by atoms with E-state index >= 15 is 8.78 Å². The summed E-state index contributed by atoms with van der Waals surface area (Å²) in [6.45, 7) is -6.76. The fourth-order valence-electron chi connectivity index (χ4n) is 6.36. The van der Waals surface area contributed by atoms with Gasteiger partial charge in [-0.15, -0.1) is 0 Å². The number of alkyl halides is 2. The molecular formula is C26H33F2N11O8P2S2. The average molecular weight is 792 g/mol. The zero-order valence-corrected chi connectivity index (χ0v) is 30.0. The summed E-state index contributed by atoms with van der Waals surface area (Å²) in [7, 11) is 0. The lowest BCUT2D eigenvalue weighted by atomic mass is 10.1. The first kappa shape index (κ1) is 35.5. The van der Waals surface area contributed by atoms with Gasteiger partial charge in [0.25, 0.3) is 0 Å². The highest BCUT2D eigenvalue weighted by molar-refractivity contribution is 8.44. The van der Waals surface area contributed by atoms with Crippen molar-refractivity contribution in [1.29, 1.82) is 0 Å². The van der Waals surface area contributed by atoms with Crippen LogP contribution in [-0.4, -0.2) is 130 Å². The Morgan fingerprint density at radius 2 is 1.59 bits per heavy atom. The lowest BCUT2D eigenvalue weighted by Gasteiger charge is -2.26. The number of hydrogen-bond acceptors (Lipinski definition) is 17. The van der Waals surface area contributed by atoms with E-state index < -0.39 is 75.7 Å². The van der Waals surface area contributed by atoms with Crippen LogP contribution in [0, 0.1) is 0 Å². The van der Waals surface area contributed by atoms with Gasteiger partial charge in [0.05, 0.1) is 25.9 Å². The van der Waals surface area contributed by atoms with Crippen molar-refractivity contribution in [3.05, 3.63) is 25.3 Å². The fraction of sp³-hybridized carbons (Fsp3) is 0.615. The number of ether oxygens (including phenoxy) is 2. The van der Waals surface area contributed by atoms with Crippen LogP contribution in [0.4, 0.5) is 20.4 Å². The molecule has 25 heteroatoms. The Morgan fingerprint density at radius 3 is 2.16 bits per heavy atom. The summed E-state index contributed by atoms with van der Waals surface area (Å²) in [5.74, 6) is 0.817. The van der Waals surface area contributed by atoms with Crippen molar-refractivity contribution in [2.24, 2.45) is 0 Å². The molecule has 6 unspecified atom stereocenters. The Labute approximate surface area is 298 Å². The van der Waals surface area contributed by atoms with Crippen molar-refractivity contribution in [2.75, 3.05) is 43.1 Å². The smallest absolute Gasteiger partial charge is 0.386 e. The molecule has 3 saturated heterocycles. The first-order valence-corrected chi connectivity index (χ1v) is 21.5. The third kappa shape index (κ3) is 6.76. The van der Waals surface area contributed by atoms with Crippen molar-refractivity contribution in [3.8, 4) is 0 Å². The second kappa shape index (κ2) is 13.7. The van der Waals surface area contributed by atoms with Crippen molar-refractivity contribution in [3.63, 3.8) is 0 Å². The van der Waals surface area contributed by atoms with Crippen molar-refractivity contribution in [2.45, 2.75) is 68.2 Å².